The average Bonchev–Trinajstić information content (AvgIpc) is 2.76. The summed E-state index contributed by atoms with van der Waals surface area (Å²) in [6, 6.07) is 11.4. The predicted octanol–water partition coefficient (Wildman–Crippen LogP) is 2.94. The van der Waals surface area contributed by atoms with Crippen molar-refractivity contribution in [1.82, 2.24) is 14.5 Å². The van der Waals surface area contributed by atoms with Crippen LogP contribution in [-0.2, 0) is 26.2 Å². The number of rotatable bonds is 10. The molecule has 0 aliphatic rings. The van der Waals surface area contributed by atoms with Crippen molar-refractivity contribution in [3.8, 4) is 0 Å². The molecule has 0 aromatic heterocycles. The second-order valence-corrected chi connectivity index (χ2v) is 10.5. The lowest BCUT2D eigenvalue weighted by molar-refractivity contribution is -0.140. The van der Waals surface area contributed by atoms with E-state index in [9.17, 15) is 22.4 Å². The van der Waals surface area contributed by atoms with Crippen molar-refractivity contribution >= 4 is 21.8 Å². The highest BCUT2D eigenvalue weighted by atomic mass is 32.2. The Morgan fingerprint density at radius 2 is 1.64 bits per heavy atom. The summed E-state index contributed by atoms with van der Waals surface area (Å²) in [7, 11) is -2.62. The number of carbonyl (C=O) groups excluding carboxylic acids is 2. The minimum atomic E-state index is -3.92. The van der Waals surface area contributed by atoms with Gasteiger partial charge in [-0.3, -0.25) is 9.59 Å². The first-order valence-corrected chi connectivity index (χ1v) is 12.2. The van der Waals surface area contributed by atoms with Crippen LogP contribution in [0.25, 0.3) is 0 Å². The number of nitrogens with one attached hydrogen (secondary N) is 1. The van der Waals surface area contributed by atoms with Crippen molar-refractivity contribution in [3.63, 3.8) is 0 Å². The monoisotopic (exact) mass is 477 g/mol. The van der Waals surface area contributed by atoms with Crippen molar-refractivity contribution < 1.29 is 22.4 Å². The van der Waals surface area contributed by atoms with Crippen LogP contribution in [0.4, 0.5) is 4.39 Å². The highest BCUT2D eigenvalue weighted by Gasteiger charge is 2.30. The molecule has 9 heteroatoms. The lowest BCUT2D eigenvalue weighted by Crippen LogP contribution is -2.51. The van der Waals surface area contributed by atoms with Crippen LogP contribution >= 0.6 is 0 Å². The number of likely N-dealkylation sites (N-methyl/N-ethyl adjacent to an activating group) is 1. The van der Waals surface area contributed by atoms with Crippen LogP contribution < -0.4 is 5.32 Å². The molecule has 0 saturated heterocycles. The first kappa shape index (κ1) is 26.5. The third kappa shape index (κ3) is 7.10. The number of nitrogens with zero attached hydrogens (tertiary/aromatic N) is 2. The summed E-state index contributed by atoms with van der Waals surface area (Å²) in [6.07, 6.45) is 0. The summed E-state index contributed by atoms with van der Waals surface area (Å²) in [4.78, 5) is 27.1. The highest BCUT2D eigenvalue weighted by molar-refractivity contribution is 7.89. The average molecular weight is 478 g/mol. The third-order valence-corrected chi connectivity index (χ3v) is 7.06. The van der Waals surface area contributed by atoms with Crippen molar-refractivity contribution in [2.45, 2.75) is 45.2 Å². The van der Waals surface area contributed by atoms with Gasteiger partial charge in [0, 0.05) is 25.7 Å². The van der Waals surface area contributed by atoms with Gasteiger partial charge in [-0.2, -0.15) is 4.31 Å². The second-order valence-electron chi connectivity index (χ2n) is 8.50. The molecule has 2 aromatic rings. The number of aryl methyl sites for hydroxylation is 1. The van der Waals surface area contributed by atoms with Crippen LogP contribution in [0.5, 0.6) is 0 Å². The Kier molecular flexibility index (Phi) is 9.13. The number of hydrogen-bond acceptors (Lipinski definition) is 4. The Balaban J connectivity index is 2.27. The van der Waals surface area contributed by atoms with E-state index in [1.165, 1.54) is 42.3 Å². The molecular weight excluding hydrogens is 445 g/mol. The van der Waals surface area contributed by atoms with Crippen molar-refractivity contribution in [3.05, 3.63) is 65.5 Å². The summed E-state index contributed by atoms with van der Waals surface area (Å²) in [5.74, 6) is -1.30. The zero-order valence-electron chi connectivity index (χ0n) is 19.7. The molecule has 2 amide bonds. The van der Waals surface area contributed by atoms with E-state index in [0.717, 1.165) is 9.87 Å². The van der Waals surface area contributed by atoms with Crippen LogP contribution in [0.3, 0.4) is 0 Å². The third-order valence-electron chi connectivity index (χ3n) is 5.24. The van der Waals surface area contributed by atoms with E-state index in [1.54, 1.807) is 25.1 Å². The van der Waals surface area contributed by atoms with E-state index < -0.39 is 40.2 Å². The zero-order chi connectivity index (χ0) is 24.8. The van der Waals surface area contributed by atoms with Gasteiger partial charge in [0.15, 0.2) is 0 Å². The molecule has 0 heterocycles. The molecule has 0 saturated carbocycles. The summed E-state index contributed by atoms with van der Waals surface area (Å²) < 4.78 is 41.1. The summed E-state index contributed by atoms with van der Waals surface area (Å²) in [6.45, 7) is 7.04. The molecule has 0 spiro atoms. The first-order chi connectivity index (χ1) is 15.4. The normalized spacial score (nSPS) is 12.6. The maximum absolute atomic E-state index is 14.3. The minimum absolute atomic E-state index is 0.0618. The SMILES string of the molecule is Cc1ccc(S(=O)(=O)N(C)CC(=O)N(Cc2ccccc2F)[C@@H](C)C(=O)NCC(C)C)cc1. The van der Waals surface area contributed by atoms with Gasteiger partial charge in [-0.1, -0.05) is 49.7 Å². The molecule has 0 fully saturated rings. The molecule has 0 aliphatic carbocycles. The van der Waals surface area contributed by atoms with E-state index in [1.807, 2.05) is 20.8 Å². The van der Waals surface area contributed by atoms with Crippen LogP contribution in [0.1, 0.15) is 31.9 Å². The maximum atomic E-state index is 14.3. The lowest BCUT2D eigenvalue weighted by Gasteiger charge is -2.30. The topological polar surface area (TPSA) is 86.8 Å². The molecule has 1 N–H and O–H groups in total. The van der Waals surface area contributed by atoms with Gasteiger partial charge in [-0.15, -0.1) is 0 Å². The molecule has 2 aromatic carbocycles. The van der Waals surface area contributed by atoms with E-state index >= 15 is 0 Å². The van der Waals surface area contributed by atoms with Gasteiger partial charge in [0.1, 0.15) is 11.9 Å². The number of hydrogen-bond donors (Lipinski definition) is 1. The van der Waals surface area contributed by atoms with E-state index in [-0.39, 0.29) is 22.9 Å². The molecule has 2 rings (SSSR count). The first-order valence-electron chi connectivity index (χ1n) is 10.8. The molecule has 33 heavy (non-hydrogen) atoms. The van der Waals surface area contributed by atoms with Gasteiger partial charge >= 0.3 is 0 Å². The van der Waals surface area contributed by atoms with Gasteiger partial charge in [0.2, 0.25) is 21.8 Å². The van der Waals surface area contributed by atoms with Crippen LogP contribution in [0.2, 0.25) is 0 Å². The molecule has 1 atom stereocenters. The lowest BCUT2D eigenvalue weighted by atomic mass is 10.1. The molecule has 0 unspecified atom stereocenters. The Morgan fingerprint density at radius 3 is 2.21 bits per heavy atom. The van der Waals surface area contributed by atoms with E-state index in [4.69, 9.17) is 0 Å². The smallest absolute Gasteiger partial charge is 0.243 e. The minimum Gasteiger partial charge on any atom is -0.354 e. The van der Waals surface area contributed by atoms with Crippen molar-refractivity contribution in [2.75, 3.05) is 20.1 Å². The van der Waals surface area contributed by atoms with Crippen molar-refractivity contribution in [2.24, 2.45) is 5.92 Å². The Hall–Kier alpha value is -2.78. The number of halogens is 1. The van der Waals surface area contributed by atoms with Crippen LogP contribution in [0.15, 0.2) is 53.4 Å². The fraction of sp³-hybridized carbons (Fsp3) is 0.417. The maximum Gasteiger partial charge on any atom is 0.243 e. The fourth-order valence-corrected chi connectivity index (χ4v) is 4.22. The van der Waals surface area contributed by atoms with Gasteiger partial charge in [0.25, 0.3) is 0 Å². The van der Waals surface area contributed by atoms with E-state index in [2.05, 4.69) is 5.32 Å². The molecule has 0 radical (unpaired) electrons. The molecular formula is C24H32FN3O4S. The van der Waals surface area contributed by atoms with Gasteiger partial charge < -0.3 is 10.2 Å². The fourth-order valence-electron chi connectivity index (χ4n) is 3.10. The van der Waals surface area contributed by atoms with Crippen LogP contribution in [-0.4, -0.2) is 55.6 Å². The zero-order valence-corrected chi connectivity index (χ0v) is 20.5. The van der Waals surface area contributed by atoms with E-state index in [0.29, 0.717) is 6.54 Å². The van der Waals surface area contributed by atoms with Gasteiger partial charge in [-0.05, 0) is 38.0 Å². The summed E-state index contributed by atoms with van der Waals surface area (Å²) in [5, 5.41) is 2.77. The second kappa shape index (κ2) is 11.4. The standard InChI is InChI=1S/C24H32FN3O4S/c1-17(2)14-26-24(30)19(4)28(15-20-8-6-7-9-22(20)25)23(29)16-27(5)33(31,32)21-12-10-18(3)11-13-21/h6-13,17,19H,14-16H2,1-5H3,(H,26,30)/t19-/m0/s1. The summed E-state index contributed by atoms with van der Waals surface area (Å²) >= 11 is 0. The molecule has 180 valence electrons. The van der Waals surface area contributed by atoms with Gasteiger partial charge in [0.05, 0.1) is 11.4 Å². The Bertz CT molecular complexity index is 1070. The Labute approximate surface area is 195 Å². The van der Waals surface area contributed by atoms with Crippen LogP contribution in [0, 0.1) is 18.7 Å². The number of amides is 2. The number of carbonyl (C=O) groups is 2. The van der Waals surface area contributed by atoms with Crippen molar-refractivity contribution in [1.29, 1.82) is 0 Å². The van der Waals surface area contributed by atoms with Gasteiger partial charge in [-0.25, -0.2) is 12.8 Å². The molecule has 0 aliphatic heterocycles. The largest absolute Gasteiger partial charge is 0.354 e. The quantitative estimate of drug-likeness (QED) is 0.570. The number of sulfonamides is 1. The number of benzene rings is 2. The molecule has 7 nitrogen and oxygen atoms in total. The summed E-state index contributed by atoms with van der Waals surface area (Å²) in [5.41, 5.74) is 1.14. The predicted molar refractivity (Wildman–Crippen MR) is 125 cm³/mol. The Morgan fingerprint density at radius 1 is 1.03 bits per heavy atom. The molecule has 0 bridgehead atoms. The highest BCUT2D eigenvalue weighted by Crippen LogP contribution is 2.17.